The van der Waals surface area contributed by atoms with Crippen LogP contribution in [-0.4, -0.2) is 61.9 Å². The topological polar surface area (TPSA) is 47.9 Å². The van der Waals surface area contributed by atoms with Gasteiger partial charge in [0.05, 0.1) is 0 Å². The van der Waals surface area contributed by atoms with Crippen LogP contribution in [0.2, 0.25) is 0 Å². The molecule has 0 aromatic carbocycles. The van der Waals surface area contributed by atoms with Gasteiger partial charge in [-0.1, -0.05) is 27.2 Å². The second kappa shape index (κ2) is 11.1. The van der Waals surface area contributed by atoms with Crippen molar-refractivity contribution in [2.24, 2.45) is 10.4 Å². The first-order chi connectivity index (χ1) is 10.4. The number of guanidine groups is 1. The molecule has 1 saturated heterocycles. The lowest BCUT2D eigenvalue weighted by atomic mass is 9.78. The quantitative estimate of drug-likeness (QED) is 0.394. The lowest BCUT2D eigenvalue weighted by molar-refractivity contribution is -0.127. The van der Waals surface area contributed by atoms with Gasteiger partial charge in [0, 0.05) is 33.7 Å². The van der Waals surface area contributed by atoms with Crippen molar-refractivity contribution in [1.29, 1.82) is 0 Å². The minimum Gasteiger partial charge on any atom is -0.356 e. The highest BCUT2D eigenvalue weighted by molar-refractivity contribution is 14.0. The lowest BCUT2D eigenvalue weighted by Crippen LogP contribution is -2.50. The number of likely N-dealkylation sites (tertiary alicyclic amines) is 1. The van der Waals surface area contributed by atoms with E-state index in [0.717, 1.165) is 32.0 Å². The van der Waals surface area contributed by atoms with Gasteiger partial charge in [0.1, 0.15) is 6.54 Å². The van der Waals surface area contributed by atoms with Gasteiger partial charge in [0.2, 0.25) is 5.91 Å². The van der Waals surface area contributed by atoms with Crippen LogP contribution in [0.25, 0.3) is 0 Å². The third-order valence-corrected chi connectivity index (χ3v) is 4.33. The minimum absolute atomic E-state index is 0. The van der Waals surface area contributed by atoms with Crippen molar-refractivity contribution in [1.82, 2.24) is 15.1 Å². The van der Waals surface area contributed by atoms with Crippen LogP contribution in [0.5, 0.6) is 0 Å². The molecular weight excluding hydrogens is 403 g/mol. The van der Waals surface area contributed by atoms with Crippen molar-refractivity contribution in [3.8, 4) is 0 Å². The van der Waals surface area contributed by atoms with Crippen LogP contribution in [0.1, 0.15) is 52.9 Å². The summed E-state index contributed by atoms with van der Waals surface area (Å²) in [7, 11) is 3.55. The molecule has 1 atom stereocenters. The second-order valence-corrected chi connectivity index (χ2v) is 6.94. The van der Waals surface area contributed by atoms with Gasteiger partial charge in [-0.15, -0.1) is 24.0 Å². The number of carbonyl (C=O) groups is 1. The Kier molecular flexibility index (Phi) is 10.8. The molecule has 0 saturated carbocycles. The minimum atomic E-state index is 0. The maximum absolute atomic E-state index is 11.8. The summed E-state index contributed by atoms with van der Waals surface area (Å²) in [5, 5.41) is 3.42. The highest BCUT2D eigenvalue weighted by Gasteiger charge is 2.31. The van der Waals surface area contributed by atoms with Crippen LogP contribution < -0.4 is 5.32 Å². The fourth-order valence-corrected chi connectivity index (χ4v) is 3.09. The number of carbonyl (C=O) groups excluding carboxylic acids is 1. The van der Waals surface area contributed by atoms with E-state index in [1.165, 1.54) is 25.7 Å². The van der Waals surface area contributed by atoms with Crippen molar-refractivity contribution in [2.45, 2.75) is 52.9 Å². The Hall–Kier alpha value is -0.530. The third-order valence-electron chi connectivity index (χ3n) is 4.33. The summed E-state index contributed by atoms with van der Waals surface area (Å²) in [6, 6.07) is 0. The average Bonchev–Trinajstić information content (AvgIpc) is 2.46. The zero-order valence-corrected chi connectivity index (χ0v) is 17.9. The first kappa shape index (κ1) is 22.5. The molecule has 1 heterocycles. The van der Waals surface area contributed by atoms with Crippen LogP contribution in [0, 0.1) is 5.41 Å². The van der Waals surface area contributed by atoms with E-state index in [9.17, 15) is 4.79 Å². The molecule has 1 aliphatic rings. The standard InChI is InChI=1S/C17H34N4O.HI/c1-6-9-17(3)10-8-12-21(14-17)16(18-11-7-2)19-13-15(22)20(4)5;/h6-14H2,1-5H3,(H,18,19);1H. The molecular formula is C17H35IN4O. The molecule has 1 unspecified atom stereocenters. The Labute approximate surface area is 159 Å². The Balaban J connectivity index is 0.00000484. The third kappa shape index (κ3) is 7.72. The summed E-state index contributed by atoms with van der Waals surface area (Å²) in [6.45, 7) is 9.97. The lowest BCUT2D eigenvalue weighted by Gasteiger charge is -2.42. The smallest absolute Gasteiger partial charge is 0.243 e. The number of hydrogen-bond donors (Lipinski definition) is 1. The number of aliphatic imine (C=N–C) groups is 1. The monoisotopic (exact) mass is 438 g/mol. The first-order valence-electron chi connectivity index (χ1n) is 8.65. The summed E-state index contributed by atoms with van der Waals surface area (Å²) in [4.78, 5) is 20.3. The van der Waals surface area contributed by atoms with Crippen molar-refractivity contribution >= 4 is 35.8 Å². The zero-order chi connectivity index (χ0) is 16.6. The summed E-state index contributed by atoms with van der Waals surface area (Å²) in [5.41, 5.74) is 0.368. The molecule has 0 aromatic rings. The van der Waals surface area contributed by atoms with Gasteiger partial charge in [-0.05, 0) is 31.1 Å². The van der Waals surface area contributed by atoms with Gasteiger partial charge in [0.15, 0.2) is 5.96 Å². The molecule has 0 aliphatic carbocycles. The number of nitrogens with zero attached hydrogens (tertiary/aromatic N) is 3. The molecule has 136 valence electrons. The fraction of sp³-hybridized carbons (Fsp3) is 0.882. The fourth-order valence-electron chi connectivity index (χ4n) is 3.09. The Morgan fingerprint density at radius 2 is 2.00 bits per heavy atom. The molecule has 0 spiro atoms. The Bertz CT molecular complexity index is 383. The molecule has 1 aliphatic heterocycles. The second-order valence-electron chi connectivity index (χ2n) is 6.94. The number of piperidine rings is 1. The van der Waals surface area contributed by atoms with Crippen LogP contribution in [0.3, 0.4) is 0 Å². The van der Waals surface area contributed by atoms with E-state index in [0.29, 0.717) is 5.41 Å². The number of halogens is 1. The van der Waals surface area contributed by atoms with Crippen LogP contribution in [0.15, 0.2) is 4.99 Å². The van der Waals surface area contributed by atoms with Gasteiger partial charge in [-0.3, -0.25) is 4.79 Å². The predicted molar refractivity (Wildman–Crippen MR) is 109 cm³/mol. The number of likely N-dealkylation sites (N-methyl/N-ethyl adjacent to an activating group) is 1. The van der Waals surface area contributed by atoms with Crippen LogP contribution in [-0.2, 0) is 4.79 Å². The first-order valence-corrected chi connectivity index (χ1v) is 8.65. The summed E-state index contributed by atoms with van der Waals surface area (Å²) >= 11 is 0. The van der Waals surface area contributed by atoms with Gasteiger partial charge in [0.25, 0.3) is 0 Å². The number of hydrogen-bond acceptors (Lipinski definition) is 2. The highest BCUT2D eigenvalue weighted by Crippen LogP contribution is 2.33. The largest absolute Gasteiger partial charge is 0.356 e. The van der Waals surface area contributed by atoms with Crippen molar-refractivity contribution in [2.75, 3.05) is 40.3 Å². The molecule has 0 radical (unpaired) electrons. The van der Waals surface area contributed by atoms with E-state index in [1.54, 1.807) is 19.0 Å². The SMILES string of the molecule is CCCNC(=NCC(=O)N(C)C)N1CCCC(C)(CCC)C1.I. The summed E-state index contributed by atoms with van der Waals surface area (Å²) in [5.74, 6) is 0.947. The number of rotatable bonds is 6. The van der Waals surface area contributed by atoms with Gasteiger partial charge < -0.3 is 15.1 Å². The summed E-state index contributed by atoms with van der Waals surface area (Å²) < 4.78 is 0. The molecule has 0 bridgehead atoms. The molecule has 6 heteroatoms. The van der Waals surface area contributed by atoms with Gasteiger partial charge >= 0.3 is 0 Å². The molecule has 1 N–H and O–H groups in total. The van der Waals surface area contributed by atoms with Crippen LogP contribution >= 0.6 is 24.0 Å². The van der Waals surface area contributed by atoms with Gasteiger partial charge in [-0.25, -0.2) is 4.99 Å². The molecule has 1 amide bonds. The van der Waals surface area contributed by atoms with E-state index < -0.39 is 0 Å². The molecule has 5 nitrogen and oxygen atoms in total. The predicted octanol–water partition coefficient (Wildman–Crippen LogP) is 2.95. The Morgan fingerprint density at radius 3 is 2.57 bits per heavy atom. The van der Waals surface area contributed by atoms with Gasteiger partial charge in [-0.2, -0.15) is 0 Å². The van der Waals surface area contributed by atoms with Crippen molar-refractivity contribution in [3.05, 3.63) is 0 Å². The molecule has 1 rings (SSSR count). The summed E-state index contributed by atoms with van der Waals surface area (Å²) in [6.07, 6.45) is 6.01. The van der Waals surface area contributed by atoms with E-state index in [2.05, 4.69) is 36.0 Å². The maximum atomic E-state index is 11.8. The van der Waals surface area contributed by atoms with Crippen LogP contribution in [0.4, 0.5) is 0 Å². The number of amides is 1. The van der Waals surface area contributed by atoms with E-state index >= 15 is 0 Å². The zero-order valence-electron chi connectivity index (χ0n) is 15.5. The average molecular weight is 438 g/mol. The maximum Gasteiger partial charge on any atom is 0.243 e. The molecule has 0 aromatic heterocycles. The van der Waals surface area contributed by atoms with Crippen molar-refractivity contribution in [3.63, 3.8) is 0 Å². The van der Waals surface area contributed by atoms with Crippen molar-refractivity contribution < 1.29 is 4.79 Å². The van der Waals surface area contributed by atoms with E-state index in [1.807, 2.05) is 0 Å². The number of nitrogens with one attached hydrogen (secondary N) is 1. The highest BCUT2D eigenvalue weighted by atomic mass is 127. The normalized spacial score (nSPS) is 21.6. The Morgan fingerprint density at radius 1 is 1.30 bits per heavy atom. The molecule has 1 fully saturated rings. The van der Waals surface area contributed by atoms with E-state index in [-0.39, 0.29) is 36.4 Å². The molecule has 23 heavy (non-hydrogen) atoms. The van der Waals surface area contributed by atoms with E-state index in [4.69, 9.17) is 0 Å².